The van der Waals surface area contributed by atoms with E-state index in [-0.39, 0.29) is 177 Å². The Labute approximate surface area is 391 Å². The molecule has 0 atom stereocenters. The van der Waals surface area contributed by atoms with E-state index >= 15 is 0 Å². The smallest absolute Gasteiger partial charge is 0.323 e. The molecule has 40 heteroatoms. The number of hydrogen-bond donors (Lipinski definition) is 16. The molecule has 0 aliphatic carbocycles. The van der Waals surface area contributed by atoms with Crippen molar-refractivity contribution in [1.29, 1.82) is 0 Å². The van der Waals surface area contributed by atoms with E-state index in [1.165, 1.54) is 0 Å². The summed E-state index contributed by atoms with van der Waals surface area (Å²) in [5.41, 5.74) is -15.9. The second-order valence-corrected chi connectivity index (χ2v) is 22.5. The Kier molecular flexibility index (Phi) is 35.6. The van der Waals surface area contributed by atoms with Gasteiger partial charge in [-0.3, -0.25) is 46.3 Å². The molecule has 26 nitrogen and oxygen atoms in total. The molecule has 0 rings (SSSR count). The monoisotopic (exact) mass is 894 g/mol. The van der Waals surface area contributed by atoms with Crippen LogP contribution in [-0.4, -0.2) is 123 Å². The predicted octanol–water partition coefficient (Wildman–Crippen LogP) is -21.8. The van der Waals surface area contributed by atoms with Gasteiger partial charge in [-0.05, 0) is 0 Å². The first-order valence-electron chi connectivity index (χ1n) is 8.89. The van der Waals surface area contributed by atoms with Crippen LogP contribution in [0.2, 0.25) is 0 Å². The quantitative estimate of drug-likeness (QED) is 0.0536. The summed E-state index contributed by atoms with van der Waals surface area (Å²) in [7, 11) is -52.3. The summed E-state index contributed by atoms with van der Waals surface area (Å²) in [6.07, 6.45) is 0. The van der Waals surface area contributed by atoms with E-state index in [0.29, 0.717) is 0 Å². The average Bonchev–Trinajstić information content (AvgIpc) is 2.48. The van der Waals surface area contributed by atoms with Crippen molar-refractivity contribution in [3.63, 3.8) is 0 Å². The van der Waals surface area contributed by atoms with E-state index in [2.05, 4.69) is 0 Å². The minimum Gasteiger partial charge on any atom is -0.323 e. The normalized spacial score (nSPS) is 13.8. The second-order valence-electron chi connectivity index (χ2n) is 7.57. The van der Waals surface area contributed by atoms with Gasteiger partial charge in [0.15, 0.2) is 0 Å². The van der Waals surface area contributed by atoms with Crippen LogP contribution in [0.4, 0.5) is 0 Å². The summed E-state index contributed by atoms with van der Waals surface area (Å²) in [6, 6.07) is 0. The molecule has 0 saturated heterocycles. The maximum Gasteiger partial charge on any atom is 1.00 e. The van der Waals surface area contributed by atoms with Gasteiger partial charge in [-0.15, -0.1) is 0 Å². The summed E-state index contributed by atoms with van der Waals surface area (Å²) in [4.78, 5) is 149. The van der Waals surface area contributed by atoms with Crippen molar-refractivity contribution in [2.45, 2.75) is 22.1 Å². The Bertz CT molecular complexity index is 1040. The third-order valence-electron chi connectivity index (χ3n) is 4.21. The molecular weight excluding hydrogens is 870 g/mol. The van der Waals surface area contributed by atoms with E-state index in [4.69, 9.17) is 0 Å². The van der Waals surface area contributed by atoms with Gasteiger partial charge in [0, 0.05) is 13.1 Å². The van der Waals surface area contributed by atoms with Crippen LogP contribution in [0.5, 0.6) is 0 Å². The summed E-state index contributed by atoms with van der Waals surface area (Å²) in [5, 5.41) is 0. The molecule has 0 bridgehead atoms. The van der Waals surface area contributed by atoms with E-state index < -0.39 is 106 Å². The summed E-state index contributed by atoms with van der Waals surface area (Å²) < 4.78 is 95.0. The molecule has 0 unspecified atom stereocenters. The van der Waals surface area contributed by atoms with Gasteiger partial charge in [0.1, 0.15) is 0 Å². The van der Waals surface area contributed by atoms with Crippen molar-refractivity contribution in [2.75, 3.05) is 13.1 Å². The molecule has 0 saturated carbocycles. The Morgan fingerprint density at radius 3 is 0.435 bits per heavy atom. The number of rotatable bonds is 15. The van der Waals surface area contributed by atoms with Crippen molar-refractivity contribution in [1.82, 2.24) is 9.80 Å². The Morgan fingerprint density at radius 1 is 0.283 bits per heavy atom. The van der Waals surface area contributed by atoms with Gasteiger partial charge in [0.25, 0.3) is 0 Å². The molecule has 46 heavy (non-hydrogen) atoms. The summed E-state index contributed by atoms with van der Waals surface area (Å²) in [5.74, 6) is 0. The molecule has 242 valence electrons. The SMILES string of the molecule is O=P(O)(O)C(N(CCN(C(P(=O)(O)O)P(=O)(O)O)C(P(=O)(O)O)P(=O)(O)O)C(P(=O)(O)O)P(=O)(O)O)P(=O)(O)O.[Na+].[Na+].[Na+].[Na+].[Na+].[Na+]. The molecule has 0 amide bonds. The van der Waals surface area contributed by atoms with Crippen molar-refractivity contribution in [3.8, 4) is 0 Å². The van der Waals surface area contributed by atoms with Crippen molar-refractivity contribution >= 4 is 60.8 Å². The minimum atomic E-state index is -6.54. The minimum absolute atomic E-state index is 0. The predicted molar refractivity (Wildman–Crippen MR) is 125 cm³/mol. The van der Waals surface area contributed by atoms with Gasteiger partial charge in [0.05, 0.1) is 0 Å². The van der Waals surface area contributed by atoms with Gasteiger partial charge < -0.3 is 78.3 Å². The molecule has 0 aliphatic heterocycles. The maximum atomic E-state index is 11.9. The first-order valence-corrected chi connectivity index (χ1v) is 22.3. The zero-order chi connectivity index (χ0) is 32.9. The molecule has 0 aromatic carbocycles. The molecule has 0 radical (unpaired) electrons. The van der Waals surface area contributed by atoms with Gasteiger partial charge in [-0.1, -0.05) is 0 Å². The Hall–Kier alpha value is 7.12. The van der Waals surface area contributed by atoms with Crippen molar-refractivity contribution in [3.05, 3.63) is 0 Å². The zero-order valence-corrected chi connectivity index (χ0v) is 43.8. The molecule has 0 aliphatic rings. The van der Waals surface area contributed by atoms with Gasteiger partial charge in [-0.2, -0.15) is 0 Å². The number of hydrogen-bond acceptors (Lipinski definition) is 10. The standard InChI is InChI=1S/C6H24N2O24P8.6Na/c9-33(10,11)3(34(12,13)14)7(4(35(15,16)17)36(18,19)20)1-2-8(5(37(21,22)23)38(24,25)26)6(39(27,28)29)40(30,31)32;;;;;;/h3-6H,1-2H2,(H2,9,10,11)(H2,12,13,14)(H2,15,16,17)(H2,18,19,20)(H2,21,22,23)(H2,24,25,26)(H2,27,28,29)(H2,30,31,32);;;;;;/q;6*+1. The van der Waals surface area contributed by atoms with Crippen molar-refractivity contribution < 1.29 is 292 Å². The van der Waals surface area contributed by atoms with Crippen LogP contribution in [0.15, 0.2) is 0 Å². The second kappa shape index (κ2) is 24.1. The zero-order valence-electron chi connectivity index (χ0n) is 24.6. The van der Waals surface area contributed by atoms with E-state index in [9.17, 15) is 115 Å². The van der Waals surface area contributed by atoms with Crippen LogP contribution in [0.1, 0.15) is 0 Å². The average molecular weight is 894 g/mol. The Morgan fingerprint density at radius 2 is 0.370 bits per heavy atom. The molecule has 0 aromatic rings. The largest absolute Gasteiger partial charge is 1.00 e. The molecule has 16 N–H and O–H groups in total. The maximum absolute atomic E-state index is 11.9. The molecule has 0 spiro atoms. The fourth-order valence-electron chi connectivity index (χ4n) is 3.26. The van der Waals surface area contributed by atoms with Gasteiger partial charge in [-0.25, -0.2) is 0 Å². The summed E-state index contributed by atoms with van der Waals surface area (Å²) in [6.45, 7) is -4.54. The van der Waals surface area contributed by atoms with E-state index in [1.807, 2.05) is 0 Å². The molecular formula is C6H24N2Na6O24P8+6. The molecule has 0 heterocycles. The first kappa shape index (κ1) is 67.8. The van der Waals surface area contributed by atoms with Gasteiger partial charge in [0.2, 0.25) is 22.1 Å². The first-order chi connectivity index (χ1) is 17.0. The van der Waals surface area contributed by atoms with E-state index in [0.717, 1.165) is 0 Å². The topological polar surface area (TPSA) is 467 Å². The van der Waals surface area contributed by atoms with Crippen LogP contribution < -0.4 is 177 Å². The molecule has 0 aromatic heterocycles. The fraction of sp³-hybridized carbons (Fsp3) is 1.00. The number of nitrogens with zero attached hydrogens (tertiary/aromatic N) is 2. The Balaban J connectivity index is -0.000000507. The van der Waals surface area contributed by atoms with Crippen LogP contribution >= 0.6 is 60.8 Å². The summed E-state index contributed by atoms with van der Waals surface area (Å²) >= 11 is 0. The van der Waals surface area contributed by atoms with Gasteiger partial charge >= 0.3 is 238 Å². The van der Waals surface area contributed by atoms with E-state index in [1.54, 1.807) is 0 Å². The molecule has 0 fully saturated rings. The van der Waals surface area contributed by atoms with Crippen LogP contribution in [-0.2, 0) is 36.5 Å². The van der Waals surface area contributed by atoms with Crippen LogP contribution in [0, 0.1) is 0 Å². The van der Waals surface area contributed by atoms with Crippen LogP contribution in [0.25, 0.3) is 0 Å². The fourth-order valence-corrected chi connectivity index (χ4v) is 15.5. The third kappa shape index (κ3) is 22.2. The van der Waals surface area contributed by atoms with Crippen LogP contribution in [0.3, 0.4) is 0 Å². The van der Waals surface area contributed by atoms with Crippen molar-refractivity contribution in [2.24, 2.45) is 0 Å². The third-order valence-corrected chi connectivity index (χ3v) is 18.6.